The molecule has 0 bridgehead atoms. The molecule has 0 amide bonds. The van der Waals surface area contributed by atoms with Gasteiger partial charge in [-0.05, 0) is 37.5 Å². The number of carbonyl (C=O) groups is 1. The fraction of sp³-hybridized carbons (Fsp3) is 0.292. The van der Waals surface area contributed by atoms with Gasteiger partial charge in [-0.1, -0.05) is 42.5 Å². The van der Waals surface area contributed by atoms with Gasteiger partial charge in [-0.2, -0.15) is 0 Å². The van der Waals surface area contributed by atoms with Crippen LogP contribution in [0.1, 0.15) is 18.9 Å². The molecule has 3 rings (SSSR count). The maximum Gasteiger partial charge on any atom is 0.323 e. The van der Waals surface area contributed by atoms with E-state index >= 15 is 0 Å². The van der Waals surface area contributed by atoms with Gasteiger partial charge in [0.05, 0.1) is 12.8 Å². The van der Waals surface area contributed by atoms with Crippen molar-refractivity contribution in [2.45, 2.75) is 26.3 Å². The lowest BCUT2D eigenvalue weighted by Gasteiger charge is -2.15. The summed E-state index contributed by atoms with van der Waals surface area (Å²) >= 11 is 0. The first kappa shape index (κ1) is 24.4. The van der Waals surface area contributed by atoms with Crippen molar-refractivity contribution in [1.82, 2.24) is 9.55 Å². The summed E-state index contributed by atoms with van der Waals surface area (Å²) in [6.07, 6.45) is 3.10. The van der Waals surface area contributed by atoms with Crippen LogP contribution in [-0.4, -0.2) is 40.4 Å². The van der Waals surface area contributed by atoms with Gasteiger partial charge in [-0.25, -0.2) is 4.98 Å². The molecule has 1 aromatic heterocycles. The number of hydrogen-bond acceptors (Lipinski definition) is 6. The van der Waals surface area contributed by atoms with E-state index < -0.39 is 25.4 Å². The number of rotatable bonds is 11. The number of aromatic nitrogens is 2. The summed E-state index contributed by atoms with van der Waals surface area (Å²) in [6, 6.07) is 16.7. The van der Waals surface area contributed by atoms with Crippen LogP contribution in [0.4, 0.5) is 5.69 Å². The summed E-state index contributed by atoms with van der Waals surface area (Å²) in [5.74, 6) is -0.918. The molecule has 1 atom stereocenters. The van der Waals surface area contributed by atoms with Crippen molar-refractivity contribution in [2.24, 2.45) is 0 Å². The second kappa shape index (κ2) is 11.1. The van der Waals surface area contributed by atoms with Gasteiger partial charge in [0.15, 0.2) is 0 Å². The third-order valence-electron chi connectivity index (χ3n) is 5.11. The Morgan fingerprint density at radius 1 is 1.15 bits per heavy atom. The monoisotopic (exact) mass is 469 g/mol. The zero-order valence-corrected chi connectivity index (χ0v) is 19.6. The van der Waals surface area contributed by atoms with Crippen LogP contribution in [0.3, 0.4) is 0 Å². The molecule has 8 nitrogen and oxygen atoms in total. The van der Waals surface area contributed by atoms with Gasteiger partial charge in [0.2, 0.25) is 7.37 Å². The first-order valence-corrected chi connectivity index (χ1v) is 12.8. The molecule has 0 spiro atoms. The number of aliphatic carboxylic acids is 1. The molecular weight excluding hydrogens is 441 g/mol. The Morgan fingerprint density at radius 2 is 1.85 bits per heavy atom. The van der Waals surface area contributed by atoms with E-state index in [1.807, 2.05) is 30.3 Å². The van der Waals surface area contributed by atoms with E-state index in [1.54, 1.807) is 37.9 Å². The minimum Gasteiger partial charge on any atom is -0.480 e. The van der Waals surface area contributed by atoms with Crippen LogP contribution in [0, 0.1) is 0 Å². The van der Waals surface area contributed by atoms with Gasteiger partial charge < -0.3 is 14.9 Å². The number of anilines is 1. The van der Waals surface area contributed by atoms with Gasteiger partial charge in [0.25, 0.3) is 5.56 Å². The molecule has 9 heteroatoms. The fourth-order valence-corrected chi connectivity index (χ4v) is 4.82. The molecule has 0 saturated carbocycles. The Hall–Kier alpha value is -3.22. The largest absolute Gasteiger partial charge is 0.480 e. The average Bonchev–Trinajstić information content (AvgIpc) is 2.79. The second-order valence-electron chi connectivity index (χ2n) is 7.61. The van der Waals surface area contributed by atoms with Crippen LogP contribution < -0.4 is 16.2 Å². The van der Waals surface area contributed by atoms with Gasteiger partial charge in [0, 0.05) is 24.1 Å². The summed E-state index contributed by atoms with van der Waals surface area (Å²) in [7, 11) is -2.94. The number of nitrogens with zero attached hydrogens (tertiary/aromatic N) is 2. The molecule has 1 unspecified atom stereocenters. The molecule has 0 radical (unpaired) electrons. The second-order valence-corrected chi connectivity index (χ2v) is 10.1. The summed E-state index contributed by atoms with van der Waals surface area (Å²) in [5, 5.41) is 13.0. The Bertz CT molecular complexity index is 1190. The van der Waals surface area contributed by atoms with E-state index in [1.165, 1.54) is 11.8 Å². The SMILES string of the molecule is CCOP(C)(=O)c1ccc(-c2ncc(NCCCc3ccccc3)c(=O)n2CC(=O)O)cc1. The molecule has 174 valence electrons. The standard InChI is InChI=1S/C24H28N3O5P/c1-3-32-33(2,31)20-13-11-19(12-14-20)23-26-16-21(24(30)27(23)17-22(28)29)25-15-7-10-18-8-5-4-6-9-18/h4-6,8-9,11-14,16,25H,3,7,10,15,17H2,1-2H3,(H,28,29). The maximum atomic E-state index is 13.0. The van der Waals surface area contributed by atoms with Crippen molar-refractivity contribution >= 4 is 24.3 Å². The fourth-order valence-electron chi connectivity index (χ4n) is 3.49. The third kappa shape index (κ3) is 6.40. The van der Waals surface area contributed by atoms with E-state index in [4.69, 9.17) is 4.52 Å². The van der Waals surface area contributed by atoms with Crippen molar-refractivity contribution in [3.8, 4) is 11.4 Å². The summed E-state index contributed by atoms with van der Waals surface area (Å²) in [4.78, 5) is 28.8. The predicted octanol–water partition coefficient (Wildman–Crippen LogP) is 3.61. The topological polar surface area (TPSA) is 111 Å². The van der Waals surface area contributed by atoms with E-state index in [2.05, 4.69) is 10.3 Å². The number of carboxylic acid groups (broad SMARTS) is 1. The highest BCUT2D eigenvalue weighted by Gasteiger charge is 2.20. The van der Waals surface area contributed by atoms with Crippen LogP contribution >= 0.6 is 7.37 Å². The molecule has 0 fully saturated rings. The molecule has 3 aromatic rings. The highest BCUT2D eigenvalue weighted by Crippen LogP contribution is 2.41. The van der Waals surface area contributed by atoms with E-state index in [0.717, 1.165) is 17.4 Å². The van der Waals surface area contributed by atoms with Gasteiger partial charge in [0.1, 0.15) is 18.1 Å². The number of nitrogens with one attached hydrogen (secondary N) is 1. The lowest BCUT2D eigenvalue weighted by Crippen LogP contribution is -2.29. The van der Waals surface area contributed by atoms with Crippen molar-refractivity contribution in [3.05, 3.63) is 76.7 Å². The van der Waals surface area contributed by atoms with Crippen LogP contribution in [0.2, 0.25) is 0 Å². The van der Waals surface area contributed by atoms with E-state index in [0.29, 0.717) is 24.0 Å². The number of carboxylic acids is 1. The number of benzene rings is 2. The van der Waals surface area contributed by atoms with Crippen molar-refractivity contribution in [2.75, 3.05) is 25.1 Å². The lowest BCUT2D eigenvalue weighted by molar-refractivity contribution is -0.137. The normalized spacial score (nSPS) is 12.8. The highest BCUT2D eigenvalue weighted by atomic mass is 31.2. The molecule has 2 aromatic carbocycles. The Morgan fingerprint density at radius 3 is 2.48 bits per heavy atom. The van der Waals surface area contributed by atoms with Crippen LogP contribution in [0.5, 0.6) is 0 Å². The summed E-state index contributed by atoms with van der Waals surface area (Å²) < 4.78 is 19.1. The van der Waals surface area contributed by atoms with Crippen LogP contribution in [0.15, 0.2) is 65.6 Å². The molecule has 1 heterocycles. The van der Waals surface area contributed by atoms with Gasteiger partial charge >= 0.3 is 5.97 Å². The van der Waals surface area contributed by atoms with E-state index in [-0.39, 0.29) is 11.5 Å². The van der Waals surface area contributed by atoms with Crippen LogP contribution in [-0.2, 0) is 26.8 Å². The first-order valence-electron chi connectivity index (χ1n) is 10.7. The molecule has 0 aliphatic carbocycles. The van der Waals surface area contributed by atoms with Gasteiger partial charge in [-0.15, -0.1) is 0 Å². The molecule has 0 aliphatic heterocycles. The minimum absolute atomic E-state index is 0.228. The van der Waals surface area contributed by atoms with Crippen molar-refractivity contribution in [3.63, 3.8) is 0 Å². The number of aryl methyl sites for hydroxylation is 1. The third-order valence-corrected chi connectivity index (χ3v) is 7.10. The zero-order valence-electron chi connectivity index (χ0n) is 18.7. The molecular formula is C24H28N3O5P. The van der Waals surface area contributed by atoms with Gasteiger partial charge in [-0.3, -0.25) is 18.7 Å². The molecule has 2 N–H and O–H groups in total. The first-order chi connectivity index (χ1) is 15.8. The summed E-state index contributed by atoms with van der Waals surface area (Å²) in [5.41, 5.74) is 1.55. The Labute approximate surface area is 192 Å². The van der Waals surface area contributed by atoms with E-state index in [9.17, 15) is 19.3 Å². The molecule has 0 aliphatic rings. The molecule has 33 heavy (non-hydrogen) atoms. The van der Waals surface area contributed by atoms with Crippen molar-refractivity contribution < 1.29 is 19.0 Å². The Balaban J connectivity index is 1.81. The van der Waals surface area contributed by atoms with Crippen molar-refractivity contribution in [1.29, 1.82) is 0 Å². The quantitative estimate of drug-likeness (QED) is 0.326. The lowest BCUT2D eigenvalue weighted by atomic mass is 10.1. The average molecular weight is 469 g/mol. The Kier molecular flexibility index (Phi) is 8.20. The summed E-state index contributed by atoms with van der Waals surface area (Å²) in [6.45, 7) is 3.68. The predicted molar refractivity (Wildman–Crippen MR) is 130 cm³/mol. The maximum absolute atomic E-state index is 13.0. The molecule has 0 saturated heterocycles. The smallest absolute Gasteiger partial charge is 0.323 e. The highest BCUT2D eigenvalue weighted by molar-refractivity contribution is 7.66. The number of hydrogen-bond donors (Lipinski definition) is 2. The van der Waals surface area contributed by atoms with Crippen LogP contribution in [0.25, 0.3) is 11.4 Å². The minimum atomic E-state index is -2.94. The zero-order chi connectivity index (χ0) is 23.8.